The quantitative estimate of drug-likeness (QED) is 0.834. The number of hydrogen-bond donors (Lipinski definition) is 1. The maximum absolute atomic E-state index is 12.3. The molecule has 0 bridgehead atoms. The number of rotatable bonds is 3. The van der Waals surface area contributed by atoms with Gasteiger partial charge >= 0.3 is 0 Å². The lowest BCUT2D eigenvalue weighted by Gasteiger charge is -2.36. The average molecular weight is 306 g/mol. The summed E-state index contributed by atoms with van der Waals surface area (Å²) in [4.78, 5) is 16.5. The highest BCUT2D eigenvalue weighted by molar-refractivity contribution is 5.85. The number of carbonyl (C=O) groups is 1. The van der Waals surface area contributed by atoms with Crippen LogP contribution in [0, 0.1) is 5.41 Å². The molecule has 0 aromatic carbocycles. The second kappa shape index (κ2) is 7.07. The number of nitrogens with zero attached hydrogens (tertiary/aromatic N) is 2. The first-order valence-corrected chi connectivity index (χ1v) is 7.27. The maximum Gasteiger partial charge on any atom is 0.236 e. The molecule has 118 valence electrons. The summed E-state index contributed by atoms with van der Waals surface area (Å²) in [6.45, 7) is 10.8. The predicted octanol–water partition coefficient (Wildman–Crippen LogP) is 0.715. The molecular formula is C14H28ClN3O2. The van der Waals surface area contributed by atoms with E-state index in [1.54, 1.807) is 0 Å². The van der Waals surface area contributed by atoms with Gasteiger partial charge in [-0.1, -0.05) is 6.92 Å². The first-order valence-electron chi connectivity index (χ1n) is 7.27. The van der Waals surface area contributed by atoms with Crippen molar-refractivity contribution in [1.82, 2.24) is 9.80 Å². The molecule has 0 radical (unpaired) electrons. The number of ether oxygens (including phenoxy) is 1. The standard InChI is InChI=1S/C14H27N3O2.ClH/c1-11-6-17(7-12(2)19-11)13(18)8-16-5-4-14(3,9-15)10-16;/h11-12H,4-10,15H2,1-3H3;1H. The molecule has 20 heavy (non-hydrogen) atoms. The van der Waals surface area contributed by atoms with E-state index in [9.17, 15) is 4.79 Å². The van der Waals surface area contributed by atoms with Crippen LogP contribution in [0.2, 0.25) is 0 Å². The Hall–Kier alpha value is -0.360. The van der Waals surface area contributed by atoms with E-state index in [0.717, 1.165) is 19.5 Å². The molecule has 3 atom stereocenters. The van der Waals surface area contributed by atoms with Crippen molar-refractivity contribution < 1.29 is 9.53 Å². The van der Waals surface area contributed by atoms with E-state index < -0.39 is 0 Å². The highest BCUT2D eigenvalue weighted by atomic mass is 35.5. The van der Waals surface area contributed by atoms with Gasteiger partial charge in [0.2, 0.25) is 5.91 Å². The summed E-state index contributed by atoms with van der Waals surface area (Å²) >= 11 is 0. The number of nitrogens with two attached hydrogens (primary N) is 1. The summed E-state index contributed by atoms with van der Waals surface area (Å²) in [5.41, 5.74) is 5.99. The Bertz CT molecular complexity index is 332. The minimum Gasteiger partial charge on any atom is -0.372 e. The highest BCUT2D eigenvalue weighted by Crippen LogP contribution is 2.28. The second-order valence-corrected chi connectivity index (χ2v) is 6.53. The van der Waals surface area contributed by atoms with Gasteiger partial charge in [0.25, 0.3) is 0 Å². The van der Waals surface area contributed by atoms with Crippen LogP contribution in [-0.4, -0.2) is 67.2 Å². The molecule has 2 rings (SSSR count). The Morgan fingerprint density at radius 3 is 2.45 bits per heavy atom. The highest BCUT2D eigenvalue weighted by Gasteiger charge is 2.34. The van der Waals surface area contributed by atoms with Crippen LogP contribution in [0.4, 0.5) is 0 Å². The van der Waals surface area contributed by atoms with E-state index in [1.807, 2.05) is 18.7 Å². The van der Waals surface area contributed by atoms with Crippen LogP contribution in [0.1, 0.15) is 27.2 Å². The number of halogens is 1. The second-order valence-electron chi connectivity index (χ2n) is 6.53. The number of hydrogen-bond acceptors (Lipinski definition) is 4. The average Bonchev–Trinajstić information content (AvgIpc) is 2.70. The zero-order valence-corrected chi connectivity index (χ0v) is 13.6. The lowest BCUT2D eigenvalue weighted by atomic mass is 9.90. The molecule has 0 aromatic rings. The summed E-state index contributed by atoms with van der Waals surface area (Å²) in [5, 5.41) is 0. The molecule has 2 N–H and O–H groups in total. The van der Waals surface area contributed by atoms with Gasteiger partial charge in [-0.3, -0.25) is 9.69 Å². The number of morpholine rings is 1. The van der Waals surface area contributed by atoms with Gasteiger partial charge in [0.1, 0.15) is 0 Å². The molecule has 2 saturated heterocycles. The molecule has 3 unspecified atom stereocenters. The summed E-state index contributed by atoms with van der Waals surface area (Å²) in [6, 6.07) is 0. The van der Waals surface area contributed by atoms with Crippen molar-refractivity contribution in [3.8, 4) is 0 Å². The van der Waals surface area contributed by atoms with Gasteiger partial charge in [-0.15, -0.1) is 12.4 Å². The Kier molecular flexibility index (Phi) is 6.25. The maximum atomic E-state index is 12.3. The van der Waals surface area contributed by atoms with Crippen LogP contribution in [0.15, 0.2) is 0 Å². The van der Waals surface area contributed by atoms with Gasteiger partial charge in [0.15, 0.2) is 0 Å². The minimum absolute atomic E-state index is 0. The molecule has 0 aromatic heterocycles. The lowest BCUT2D eigenvalue weighted by molar-refractivity contribution is -0.144. The van der Waals surface area contributed by atoms with Crippen LogP contribution < -0.4 is 5.73 Å². The van der Waals surface area contributed by atoms with Gasteiger partial charge in [-0.2, -0.15) is 0 Å². The molecule has 0 spiro atoms. The van der Waals surface area contributed by atoms with Gasteiger partial charge in [-0.05, 0) is 38.8 Å². The third-order valence-electron chi connectivity index (χ3n) is 4.26. The normalized spacial score (nSPS) is 34.9. The third-order valence-corrected chi connectivity index (χ3v) is 4.26. The van der Waals surface area contributed by atoms with Crippen molar-refractivity contribution in [3.05, 3.63) is 0 Å². The van der Waals surface area contributed by atoms with E-state index in [0.29, 0.717) is 26.2 Å². The largest absolute Gasteiger partial charge is 0.372 e. The summed E-state index contributed by atoms with van der Waals surface area (Å²) in [7, 11) is 0. The Morgan fingerprint density at radius 1 is 1.35 bits per heavy atom. The van der Waals surface area contributed by atoms with Crippen LogP contribution >= 0.6 is 12.4 Å². The van der Waals surface area contributed by atoms with Gasteiger partial charge in [-0.25, -0.2) is 0 Å². The van der Waals surface area contributed by atoms with E-state index in [-0.39, 0.29) is 35.9 Å². The first-order chi connectivity index (χ1) is 8.92. The topological polar surface area (TPSA) is 58.8 Å². The molecule has 2 fully saturated rings. The van der Waals surface area contributed by atoms with E-state index >= 15 is 0 Å². The van der Waals surface area contributed by atoms with E-state index in [4.69, 9.17) is 10.5 Å². The fourth-order valence-corrected chi connectivity index (χ4v) is 3.10. The minimum atomic E-state index is 0. The number of carbonyl (C=O) groups excluding carboxylic acids is 1. The zero-order chi connectivity index (χ0) is 14.0. The van der Waals surface area contributed by atoms with Crippen molar-refractivity contribution in [3.63, 3.8) is 0 Å². The van der Waals surface area contributed by atoms with Gasteiger partial charge in [0, 0.05) is 19.6 Å². The molecule has 1 amide bonds. The van der Waals surface area contributed by atoms with Crippen LogP contribution in [0.25, 0.3) is 0 Å². The Morgan fingerprint density at radius 2 is 1.95 bits per heavy atom. The summed E-state index contributed by atoms with van der Waals surface area (Å²) < 4.78 is 5.66. The van der Waals surface area contributed by atoms with Crippen molar-refractivity contribution in [2.75, 3.05) is 39.3 Å². The Labute approximate surface area is 128 Å². The van der Waals surface area contributed by atoms with Crippen molar-refractivity contribution in [2.24, 2.45) is 11.1 Å². The molecule has 2 heterocycles. The van der Waals surface area contributed by atoms with Gasteiger partial charge < -0.3 is 15.4 Å². The van der Waals surface area contributed by atoms with Crippen LogP contribution in [-0.2, 0) is 9.53 Å². The zero-order valence-electron chi connectivity index (χ0n) is 12.8. The molecule has 0 saturated carbocycles. The molecule has 6 heteroatoms. The van der Waals surface area contributed by atoms with Gasteiger partial charge in [0.05, 0.1) is 18.8 Å². The van der Waals surface area contributed by atoms with Crippen molar-refractivity contribution >= 4 is 18.3 Å². The number of amides is 1. The van der Waals surface area contributed by atoms with Crippen LogP contribution in [0.3, 0.4) is 0 Å². The molecule has 2 aliphatic heterocycles. The van der Waals surface area contributed by atoms with Crippen LogP contribution in [0.5, 0.6) is 0 Å². The molecule has 5 nitrogen and oxygen atoms in total. The lowest BCUT2D eigenvalue weighted by Crippen LogP contribution is -2.51. The van der Waals surface area contributed by atoms with Crippen molar-refractivity contribution in [1.29, 1.82) is 0 Å². The van der Waals surface area contributed by atoms with E-state index in [2.05, 4.69) is 11.8 Å². The predicted molar refractivity (Wildman–Crippen MR) is 82.1 cm³/mol. The molecular weight excluding hydrogens is 278 g/mol. The smallest absolute Gasteiger partial charge is 0.236 e. The monoisotopic (exact) mass is 305 g/mol. The SMILES string of the molecule is CC1CN(C(=O)CN2CCC(C)(CN)C2)CC(C)O1.Cl. The summed E-state index contributed by atoms with van der Waals surface area (Å²) in [6.07, 6.45) is 1.37. The fourth-order valence-electron chi connectivity index (χ4n) is 3.10. The Balaban J connectivity index is 0.00000200. The fraction of sp³-hybridized carbons (Fsp3) is 0.929. The summed E-state index contributed by atoms with van der Waals surface area (Å²) in [5.74, 6) is 0.225. The van der Waals surface area contributed by atoms with E-state index in [1.165, 1.54) is 0 Å². The third kappa shape index (κ3) is 4.32. The first kappa shape index (κ1) is 17.7. The molecule has 2 aliphatic rings. The number of likely N-dealkylation sites (tertiary alicyclic amines) is 1. The molecule has 0 aliphatic carbocycles. The van der Waals surface area contributed by atoms with Crippen molar-refractivity contribution in [2.45, 2.75) is 39.4 Å².